The summed E-state index contributed by atoms with van der Waals surface area (Å²) >= 11 is 0. The van der Waals surface area contributed by atoms with Gasteiger partial charge in [0.25, 0.3) is 0 Å². The Morgan fingerprint density at radius 2 is 1.82 bits per heavy atom. The van der Waals surface area contributed by atoms with Gasteiger partial charge in [-0.05, 0) is 26.9 Å². The van der Waals surface area contributed by atoms with E-state index in [0.29, 0.717) is 0 Å². The van der Waals surface area contributed by atoms with Crippen LogP contribution in [0.5, 0.6) is 0 Å². The van der Waals surface area contributed by atoms with E-state index in [0.717, 1.165) is 19.1 Å². The molecule has 0 heterocycles. The Hall–Kier alpha value is 0.500. The monoisotopic (exact) mass is 200 g/mol. The topological polar surface area (TPSA) is 15.3 Å². The zero-order valence-corrected chi connectivity index (χ0v) is 8.80. The molecule has 0 bridgehead atoms. The highest BCUT2D eigenvalue weighted by atomic mass is 35.5. The van der Waals surface area contributed by atoms with Crippen LogP contribution < -0.4 is 5.32 Å². The van der Waals surface area contributed by atoms with E-state index in [1.54, 1.807) is 0 Å². The van der Waals surface area contributed by atoms with Crippen LogP contribution in [0.15, 0.2) is 0 Å². The lowest BCUT2D eigenvalue weighted by Gasteiger charge is -2.08. The Labute approximate surface area is 81.5 Å². The summed E-state index contributed by atoms with van der Waals surface area (Å²) in [5.41, 5.74) is 0. The molecular weight excluding hydrogens is 183 g/mol. The Morgan fingerprint density at radius 1 is 1.27 bits per heavy atom. The van der Waals surface area contributed by atoms with Gasteiger partial charge in [0.2, 0.25) is 0 Å². The molecule has 1 fully saturated rings. The minimum absolute atomic E-state index is 0. The van der Waals surface area contributed by atoms with Crippen LogP contribution in [-0.4, -0.2) is 38.1 Å². The second kappa shape index (κ2) is 7.17. The number of hydrogen-bond donors (Lipinski definition) is 1. The largest absolute Gasteiger partial charge is 0.313 e. The maximum Gasteiger partial charge on any atom is 0.0101 e. The van der Waals surface area contributed by atoms with Crippen LogP contribution in [0.3, 0.4) is 0 Å². The molecule has 70 valence electrons. The number of likely N-dealkylation sites (N-methyl/N-ethyl adjacent to an activating group) is 1. The van der Waals surface area contributed by atoms with Crippen LogP contribution in [0.25, 0.3) is 0 Å². The Kier molecular flexibility index (Phi) is 9.15. The highest BCUT2D eigenvalue weighted by molar-refractivity contribution is 5.85. The third-order valence-corrected chi connectivity index (χ3v) is 1.57. The third kappa shape index (κ3) is 8.41. The molecule has 0 aliphatic heterocycles. The van der Waals surface area contributed by atoms with Crippen molar-refractivity contribution in [2.24, 2.45) is 0 Å². The van der Waals surface area contributed by atoms with E-state index in [4.69, 9.17) is 0 Å². The molecule has 0 spiro atoms. The first-order chi connectivity index (χ1) is 4.29. The summed E-state index contributed by atoms with van der Waals surface area (Å²) in [6.45, 7) is 2.31. The van der Waals surface area contributed by atoms with Crippen molar-refractivity contribution in [3.8, 4) is 0 Å². The van der Waals surface area contributed by atoms with Gasteiger partial charge in [-0.25, -0.2) is 0 Å². The highest BCUT2D eigenvalue weighted by Crippen LogP contribution is 2.17. The molecule has 0 aromatic rings. The first-order valence-electron chi connectivity index (χ1n) is 3.67. The predicted molar refractivity (Wildman–Crippen MR) is 54.1 cm³/mol. The van der Waals surface area contributed by atoms with Gasteiger partial charge < -0.3 is 10.2 Å². The zero-order chi connectivity index (χ0) is 6.69. The molecule has 0 aromatic heterocycles. The normalized spacial score (nSPS) is 15.5. The van der Waals surface area contributed by atoms with Crippen LogP contribution in [-0.2, 0) is 0 Å². The van der Waals surface area contributed by atoms with E-state index in [9.17, 15) is 0 Å². The van der Waals surface area contributed by atoms with E-state index < -0.39 is 0 Å². The van der Waals surface area contributed by atoms with Gasteiger partial charge in [-0.2, -0.15) is 0 Å². The second-order valence-electron chi connectivity index (χ2n) is 3.03. The first kappa shape index (κ1) is 14.0. The molecule has 4 heteroatoms. The van der Waals surface area contributed by atoms with Gasteiger partial charge in [-0.1, -0.05) is 0 Å². The number of halogens is 2. The summed E-state index contributed by atoms with van der Waals surface area (Å²) in [6, 6.07) is 0.866. The molecule has 0 atom stereocenters. The lowest BCUT2D eigenvalue weighted by atomic mass is 10.5. The minimum Gasteiger partial charge on any atom is -0.313 e. The van der Waals surface area contributed by atoms with Crippen LogP contribution in [0.4, 0.5) is 0 Å². The van der Waals surface area contributed by atoms with Crippen molar-refractivity contribution >= 4 is 24.8 Å². The van der Waals surface area contributed by atoms with Gasteiger partial charge in [-0.3, -0.25) is 0 Å². The quantitative estimate of drug-likeness (QED) is 0.733. The maximum atomic E-state index is 3.45. The molecule has 1 N–H and O–H groups in total. The van der Waals surface area contributed by atoms with Crippen molar-refractivity contribution in [1.29, 1.82) is 0 Å². The van der Waals surface area contributed by atoms with Crippen molar-refractivity contribution in [1.82, 2.24) is 10.2 Å². The predicted octanol–water partition coefficient (Wildman–Crippen LogP) is 1.14. The lowest BCUT2D eigenvalue weighted by molar-refractivity contribution is 0.399. The van der Waals surface area contributed by atoms with Gasteiger partial charge in [0, 0.05) is 19.1 Å². The Morgan fingerprint density at radius 3 is 2.18 bits per heavy atom. The van der Waals surface area contributed by atoms with E-state index in [2.05, 4.69) is 24.3 Å². The van der Waals surface area contributed by atoms with Crippen molar-refractivity contribution in [3.63, 3.8) is 0 Å². The molecule has 1 aliphatic rings. The summed E-state index contributed by atoms with van der Waals surface area (Å²) in [6.07, 6.45) is 2.79. The van der Waals surface area contributed by atoms with Gasteiger partial charge >= 0.3 is 0 Å². The number of nitrogens with zero attached hydrogens (tertiary/aromatic N) is 1. The first-order valence-corrected chi connectivity index (χ1v) is 3.67. The maximum absolute atomic E-state index is 3.45. The fourth-order valence-corrected chi connectivity index (χ4v) is 0.780. The van der Waals surface area contributed by atoms with Crippen molar-refractivity contribution in [2.45, 2.75) is 18.9 Å². The van der Waals surface area contributed by atoms with Crippen LogP contribution in [0, 0.1) is 0 Å². The average Bonchev–Trinajstić information content (AvgIpc) is 2.48. The Bertz CT molecular complexity index is 82.5. The van der Waals surface area contributed by atoms with Gasteiger partial charge in [0.1, 0.15) is 0 Å². The molecule has 1 rings (SSSR count). The highest BCUT2D eigenvalue weighted by Gasteiger charge is 2.19. The van der Waals surface area contributed by atoms with Crippen molar-refractivity contribution < 1.29 is 0 Å². The van der Waals surface area contributed by atoms with E-state index in [1.165, 1.54) is 12.8 Å². The minimum atomic E-state index is 0. The molecule has 2 nitrogen and oxygen atoms in total. The van der Waals surface area contributed by atoms with E-state index in [-0.39, 0.29) is 24.8 Å². The molecule has 1 aliphatic carbocycles. The summed E-state index contributed by atoms with van der Waals surface area (Å²) < 4.78 is 0. The summed E-state index contributed by atoms with van der Waals surface area (Å²) in [7, 11) is 4.21. The summed E-state index contributed by atoms with van der Waals surface area (Å²) in [5, 5.41) is 3.45. The molecule has 0 radical (unpaired) electrons. The lowest BCUT2D eigenvalue weighted by Crippen LogP contribution is -2.27. The van der Waals surface area contributed by atoms with Crippen LogP contribution in [0.1, 0.15) is 12.8 Å². The molecule has 0 saturated heterocycles. The molecule has 0 unspecified atom stereocenters. The summed E-state index contributed by atoms with van der Waals surface area (Å²) in [4.78, 5) is 2.20. The molecule has 1 saturated carbocycles. The average molecular weight is 201 g/mol. The van der Waals surface area contributed by atoms with E-state index >= 15 is 0 Å². The van der Waals surface area contributed by atoms with Crippen LogP contribution >= 0.6 is 24.8 Å². The number of nitrogens with one attached hydrogen (secondary N) is 1. The van der Waals surface area contributed by atoms with Gasteiger partial charge in [0.05, 0.1) is 0 Å². The van der Waals surface area contributed by atoms with Gasteiger partial charge in [0.15, 0.2) is 0 Å². The second-order valence-corrected chi connectivity index (χ2v) is 3.03. The molecule has 0 amide bonds. The van der Waals surface area contributed by atoms with Crippen LogP contribution in [0.2, 0.25) is 0 Å². The SMILES string of the molecule is CN(C)CCNC1CC1.Cl.Cl. The zero-order valence-electron chi connectivity index (χ0n) is 7.17. The number of hydrogen-bond acceptors (Lipinski definition) is 2. The third-order valence-electron chi connectivity index (χ3n) is 1.57. The Balaban J connectivity index is 0. The van der Waals surface area contributed by atoms with Gasteiger partial charge in [-0.15, -0.1) is 24.8 Å². The fraction of sp³-hybridized carbons (Fsp3) is 1.00. The number of rotatable bonds is 4. The van der Waals surface area contributed by atoms with Crippen molar-refractivity contribution in [2.75, 3.05) is 27.2 Å². The fourth-order valence-electron chi connectivity index (χ4n) is 0.780. The molecular formula is C7H18Cl2N2. The van der Waals surface area contributed by atoms with E-state index in [1.807, 2.05) is 0 Å². The molecule has 0 aromatic carbocycles. The molecule has 11 heavy (non-hydrogen) atoms. The standard InChI is InChI=1S/C7H16N2.2ClH/c1-9(2)6-5-8-7-3-4-7;;/h7-8H,3-6H2,1-2H3;2*1H. The van der Waals surface area contributed by atoms with Crippen molar-refractivity contribution in [3.05, 3.63) is 0 Å². The smallest absolute Gasteiger partial charge is 0.0101 e. The summed E-state index contributed by atoms with van der Waals surface area (Å²) in [5.74, 6) is 0.